The van der Waals surface area contributed by atoms with Crippen LogP contribution in [0.15, 0.2) is 54.6 Å². The van der Waals surface area contributed by atoms with Crippen molar-refractivity contribution in [1.29, 1.82) is 0 Å². The van der Waals surface area contributed by atoms with Crippen molar-refractivity contribution >= 4 is 33.0 Å². The van der Waals surface area contributed by atoms with Gasteiger partial charge in [0.15, 0.2) is 9.84 Å². The smallest absolute Gasteiger partial charge is 0.273 e. The minimum atomic E-state index is -4.04. The molecule has 2 amide bonds. The third-order valence-corrected chi connectivity index (χ3v) is 6.67. The summed E-state index contributed by atoms with van der Waals surface area (Å²) in [6, 6.07) is 15.1. The molecule has 1 fully saturated rings. The van der Waals surface area contributed by atoms with Gasteiger partial charge in [-0.2, -0.15) is 0 Å². The number of carbonyl (C=O) groups is 2. The SMILES string of the molecule is CN1C(=O)C2(c3ccccc31)N(c1ccccc1)C(=O)CS2(=O)=O. The van der Waals surface area contributed by atoms with E-state index in [1.807, 2.05) is 0 Å². The molecule has 2 aliphatic heterocycles. The molecule has 1 saturated heterocycles. The average molecular weight is 342 g/mol. The van der Waals surface area contributed by atoms with E-state index in [0.717, 1.165) is 4.90 Å². The van der Waals surface area contributed by atoms with Gasteiger partial charge >= 0.3 is 0 Å². The van der Waals surface area contributed by atoms with Gasteiger partial charge in [-0.3, -0.25) is 14.5 Å². The van der Waals surface area contributed by atoms with Crippen LogP contribution >= 0.6 is 0 Å². The molecule has 2 aromatic rings. The van der Waals surface area contributed by atoms with E-state index in [9.17, 15) is 18.0 Å². The maximum atomic E-state index is 13.1. The standard InChI is InChI=1S/C17H14N2O4S/c1-18-14-10-6-5-9-13(14)17(16(18)21)19(12-7-3-2-4-8-12)15(20)11-24(17,22)23/h2-10H,11H2,1H3. The van der Waals surface area contributed by atoms with Crippen LogP contribution in [0.3, 0.4) is 0 Å². The summed E-state index contributed by atoms with van der Waals surface area (Å²) in [5.41, 5.74) is 1.22. The van der Waals surface area contributed by atoms with Crippen molar-refractivity contribution in [3.63, 3.8) is 0 Å². The van der Waals surface area contributed by atoms with Gasteiger partial charge in [0.25, 0.3) is 10.8 Å². The molecule has 0 N–H and O–H groups in total. The summed E-state index contributed by atoms with van der Waals surface area (Å²) < 4.78 is 26.0. The fraction of sp³-hybridized carbons (Fsp3) is 0.176. The van der Waals surface area contributed by atoms with E-state index in [4.69, 9.17) is 0 Å². The number of benzene rings is 2. The number of hydrogen-bond donors (Lipinski definition) is 0. The molecule has 0 saturated carbocycles. The Morgan fingerprint density at radius 2 is 1.58 bits per heavy atom. The number of likely N-dealkylation sites (N-methyl/N-ethyl adjacent to an activating group) is 1. The summed E-state index contributed by atoms with van der Waals surface area (Å²) in [5.74, 6) is -1.91. The molecule has 0 aromatic heterocycles. The first-order chi connectivity index (χ1) is 11.4. The predicted octanol–water partition coefficient (Wildman–Crippen LogP) is 1.28. The van der Waals surface area contributed by atoms with E-state index >= 15 is 0 Å². The number of nitrogens with zero attached hydrogens (tertiary/aromatic N) is 2. The summed E-state index contributed by atoms with van der Waals surface area (Å²) in [4.78, 5) is 26.1. The predicted molar refractivity (Wildman–Crippen MR) is 89.2 cm³/mol. The highest BCUT2D eigenvalue weighted by Gasteiger charge is 2.69. The quantitative estimate of drug-likeness (QED) is 0.782. The molecule has 2 aromatic carbocycles. The van der Waals surface area contributed by atoms with Crippen molar-refractivity contribution in [3.05, 3.63) is 60.2 Å². The van der Waals surface area contributed by atoms with Crippen LogP contribution in [0.5, 0.6) is 0 Å². The number of sulfone groups is 1. The Morgan fingerprint density at radius 3 is 2.29 bits per heavy atom. The van der Waals surface area contributed by atoms with Crippen LogP contribution in [-0.4, -0.2) is 33.0 Å². The number of amides is 2. The number of para-hydroxylation sites is 2. The van der Waals surface area contributed by atoms with Crippen LogP contribution in [0.25, 0.3) is 0 Å². The molecule has 0 aliphatic carbocycles. The largest absolute Gasteiger partial charge is 0.312 e. The fourth-order valence-corrected chi connectivity index (χ4v) is 5.63. The first kappa shape index (κ1) is 14.9. The van der Waals surface area contributed by atoms with Gasteiger partial charge in [-0.05, 0) is 18.2 Å². The lowest BCUT2D eigenvalue weighted by atomic mass is 10.0. The molecule has 2 heterocycles. The van der Waals surface area contributed by atoms with Crippen LogP contribution in [0, 0.1) is 0 Å². The maximum absolute atomic E-state index is 13.1. The lowest BCUT2D eigenvalue weighted by Crippen LogP contribution is -2.53. The molecular formula is C17H14N2O4S. The third-order valence-electron chi connectivity index (χ3n) is 4.57. The Kier molecular flexibility index (Phi) is 2.90. The van der Waals surface area contributed by atoms with Crippen molar-refractivity contribution in [2.24, 2.45) is 0 Å². The van der Waals surface area contributed by atoms with E-state index < -0.39 is 32.3 Å². The summed E-state index contributed by atoms with van der Waals surface area (Å²) in [5, 5.41) is 0. The summed E-state index contributed by atoms with van der Waals surface area (Å²) in [7, 11) is -2.52. The van der Waals surface area contributed by atoms with Gasteiger partial charge in [0.1, 0.15) is 5.75 Å². The van der Waals surface area contributed by atoms with Crippen LogP contribution in [0.1, 0.15) is 5.56 Å². The van der Waals surface area contributed by atoms with Gasteiger partial charge in [-0.15, -0.1) is 0 Å². The number of anilines is 2. The molecule has 24 heavy (non-hydrogen) atoms. The number of rotatable bonds is 1. The van der Waals surface area contributed by atoms with Crippen molar-refractivity contribution in [2.75, 3.05) is 22.6 Å². The number of fused-ring (bicyclic) bond motifs is 2. The summed E-state index contributed by atoms with van der Waals surface area (Å²) in [6.07, 6.45) is 0. The zero-order valence-corrected chi connectivity index (χ0v) is 13.7. The van der Waals surface area contributed by atoms with E-state index in [-0.39, 0.29) is 0 Å². The van der Waals surface area contributed by atoms with E-state index in [1.165, 1.54) is 11.9 Å². The minimum Gasteiger partial charge on any atom is -0.312 e. The zero-order valence-electron chi connectivity index (χ0n) is 12.8. The third kappa shape index (κ3) is 1.57. The molecule has 2 aliphatic rings. The maximum Gasteiger partial charge on any atom is 0.273 e. The molecule has 1 spiro atoms. The van der Waals surface area contributed by atoms with E-state index in [2.05, 4.69) is 0 Å². The van der Waals surface area contributed by atoms with Crippen LogP contribution in [0.2, 0.25) is 0 Å². The summed E-state index contributed by atoms with van der Waals surface area (Å²) in [6.45, 7) is 0. The van der Waals surface area contributed by atoms with Gasteiger partial charge in [0.05, 0.1) is 5.69 Å². The molecule has 6 nitrogen and oxygen atoms in total. The van der Waals surface area contributed by atoms with Crippen LogP contribution < -0.4 is 9.80 Å². The Morgan fingerprint density at radius 1 is 0.958 bits per heavy atom. The fourth-order valence-electron chi connectivity index (χ4n) is 3.57. The van der Waals surface area contributed by atoms with Crippen molar-refractivity contribution in [1.82, 2.24) is 0 Å². The Bertz CT molecular complexity index is 971. The Hall–Kier alpha value is -2.67. The number of carbonyl (C=O) groups excluding carboxylic acids is 2. The highest BCUT2D eigenvalue weighted by atomic mass is 32.2. The van der Waals surface area contributed by atoms with Crippen molar-refractivity contribution in [3.8, 4) is 0 Å². The second kappa shape index (κ2) is 4.67. The molecule has 4 rings (SSSR count). The molecule has 1 unspecified atom stereocenters. The molecule has 122 valence electrons. The first-order valence-electron chi connectivity index (χ1n) is 7.39. The first-order valence-corrected chi connectivity index (χ1v) is 9.04. The second-order valence-corrected chi connectivity index (χ2v) is 7.96. The van der Waals surface area contributed by atoms with Crippen LogP contribution in [0.4, 0.5) is 11.4 Å². The van der Waals surface area contributed by atoms with Gasteiger partial charge in [-0.25, -0.2) is 8.42 Å². The lowest BCUT2D eigenvalue weighted by Gasteiger charge is -2.32. The van der Waals surface area contributed by atoms with Gasteiger partial charge in [-0.1, -0.05) is 36.4 Å². The minimum absolute atomic E-state index is 0.326. The highest BCUT2D eigenvalue weighted by molar-refractivity contribution is 7.94. The average Bonchev–Trinajstić information content (AvgIpc) is 2.92. The van der Waals surface area contributed by atoms with E-state index in [1.54, 1.807) is 54.6 Å². The van der Waals surface area contributed by atoms with E-state index in [0.29, 0.717) is 16.9 Å². The summed E-state index contributed by atoms with van der Waals surface area (Å²) >= 11 is 0. The number of hydrogen-bond acceptors (Lipinski definition) is 4. The molecule has 1 atom stereocenters. The normalized spacial score (nSPS) is 24.7. The topological polar surface area (TPSA) is 74.8 Å². The molecular weight excluding hydrogens is 328 g/mol. The molecule has 0 bridgehead atoms. The molecule has 0 radical (unpaired) electrons. The van der Waals surface area contributed by atoms with Gasteiger partial charge in [0.2, 0.25) is 5.91 Å². The monoisotopic (exact) mass is 342 g/mol. The van der Waals surface area contributed by atoms with Crippen molar-refractivity contribution < 1.29 is 18.0 Å². The van der Waals surface area contributed by atoms with Crippen LogP contribution in [-0.2, 0) is 24.3 Å². The second-order valence-electron chi connectivity index (χ2n) is 5.85. The molecule has 7 heteroatoms. The Labute approximate surface area is 139 Å². The zero-order chi connectivity index (χ0) is 17.1. The van der Waals surface area contributed by atoms with Gasteiger partial charge in [0, 0.05) is 18.3 Å². The van der Waals surface area contributed by atoms with Crippen molar-refractivity contribution in [2.45, 2.75) is 4.87 Å². The van der Waals surface area contributed by atoms with Gasteiger partial charge < -0.3 is 4.90 Å². The Balaban J connectivity index is 2.10. The lowest BCUT2D eigenvalue weighted by molar-refractivity contribution is -0.123. The highest BCUT2D eigenvalue weighted by Crippen LogP contribution is 2.51.